The van der Waals surface area contributed by atoms with Crippen LogP contribution in [0.3, 0.4) is 0 Å². The van der Waals surface area contributed by atoms with E-state index in [4.69, 9.17) is 4.52 Å². The Labute approximate surface area is 120 Å². The fraction of sp³-hybridized carbons (Fsp3) is 0.385. The first-order valence-corrected chi connectivity index (χ1v) is 6.95. The van der Waals surface area contributed by atoms with Crippen molar-refractivity contribution in [2.45, 2.75) is 26.7 Å². The third-order valence-corrected chi connectivity index (χ3v) is 3.27. The molecule has 96 valence electrons. The topological polar surface area (TPSA) is 59.2 Å². The summed E-state index contributed by atoms with van der Waals surface area (Å²) < 4.78 is 6.21. The summed E-state index contributed by atoms with van der Waals surface area (Å²) in [6.45, 7) is 4.32. The van der Waals surface area contributed by atoms with Crippen molar-refractivity contribution in [3.63, 3.8) is 0 Å². The second kappa shape index (κ2) is 5.69. The Bertz CT molecular complexity index is 538. The number of rotatable bonds is 4. The minimum absolute atomic E-state index is 0.162. The molecule has 1 heterocycles. The van der Waals surface area contributed by atoms with Crippen LogP contribution in [0, 0.1) is 9.49 Å². The molecule has 0 atom stereocenters. The molecule has 0 aliphatic heterocycles. The molecule has 0 bridgehead atoms. The Morgan fingerprint density at radius 3 is 2.89 bits per heavy atom. The number of benzene rings is 1. The molecular weight excluding hydrogens is 343 g/mol. The minimum atomic E-state index is 0.162. The first-order chi connectivity index (χ1) is 8.56. The van der Waals surface area contributed by atoms with Gasteiger partial charge in [-0.2, -0.15) is 4.98 Å². The number of aromatic nitrogens is 2. The summed E-state index contributed by atoms with van der Waals surface area (Å²) in [6.07, 6.45) is 1.82. The van der Waals surface area contributed by atoms with Crippen LogP contribution >= 0.6 is 22.6 Å². The second-order valence-corrected chi connectivity index (χ2v) is 5.86. The summed E-state index contributed by atoms with van der Waals surface area (Å²) in [5.41, 5.74) is 0.588. The largest absolute Gasteiger partial charge is 0.507 e. The lowest BCUT2D eigenvalue weighted by Gasteiger charge is -2.00. The summed E-state index contributed by atoms with van der Waals surface area (Å²) >= 11 is 2.18. The van der Waals surface area contributed by atoms with Gasteiger partial charge >= 0.3 is 0 Å². The maximum absolute atomic E-state index is 9.78. The van der Waals surface area contributed by atoms with Crippen LogP contribution in [0.25, 0.3) is 11.5 Å². The summed E-state index contributed by atoms with van der Waals surface area (Å²) in [4.78, 5) is 4.31. The van der Waals surface area contributed by atoms with Gasteiger partial charge in [0.15, 0.2) is 5.82 Å². The van der Waals surface area contributed by atoms with Crippen molar-refractivity contribution in [3.05, 3.63) is 27.6 Å². The molecule has 1 N–H and O–H groups in total. The van der Waals surface area contributed by atoms with Crippen LogP contribution in [-0.4, -0.2) is 15.2 Å². The highest BCUT2D eigenvalue weighted by atomic mass is 127. The molecule has 0 saturated heterocycles. The van der Waals surface area contributed by atoms with Crippen LogP contribution < -0.4 is 0 Å². The van der Waals surface area contributed by atoms with Gasteiger partial charge in [-0.1, -0.05) is 19.0 Å². The smallest absolute Gasteiger partial charge is 0.261 e. The molecule has 2 rings (SSSR count). The van der Waals surface area contributed by atoms with Crippen molar-refractivity contribution in [1.29, 1.82) is 0 Å². The summed E-state index contributed by atoms with van der Waals surface area (Å²) in [6, 6.07) is 5.29. The van der Waals surface area contributed by atoms with Gasteiger partial charge in [0.25, 0.3) is 5.89 Å². The summed E-state index contributed by atoms with van der Waals surface area (Å²) in [5, 5.41) is 13.7. The quantitative estimate of drug-likeness (QED) is 0.848. The number of aryl methyl sites for hydroxylation is 1. The SMILES string of the molecule is CC(C)CCc1noc(-c2cc(I)ccc2O)n1. The molecule has 1 aromatic carbocycles. The molecule has 0 aliphatic rings. The molecule has 0 unspecified atom stereocenters. The van der Waals surface area contributed by atoms with Crippen molar-refractivity contribution in [2.75, 3.05) is 0 Å². The minimum Gasteiger partial charge on any atom is -0.507 e. The van der Waals surface area contributed by atoms with E-state index >= 15 is 0 Å². The molecule has 0 amide bonds. The van der Waals surface area contributed by atoms with Crippen LogP contribution in [-0.2, 0) is 6.42 Å². The molecule has 4 nitrogen and oxygen atoms in total. The zero-order valence-electron chi connectivity index (χ0n) is 10.4. The van der Waals surface area contributed by atoms with Gasteiger partial charge in [-0.15, -0.1) is 0 Å². The Hall–Kier alpha value is -1.11. The molecule has 0 radical (unpaired) electrons. The molecule has 18 heavy (non-hydrogen) atoms. The van der Waals surface area contributed by atoms with Gasteiger partial charge in [0.05, 0.1) is 5.56 Å². The maximum Gasteiger partial charge on any atom is 0.261 e. The van der Waals surface area contributed by atoms with Crippen LogP contribution in [0.4, 0.5) is 0 Å². The van der Waals surface area contributed by atoms with Crippen molar-refractivity contribution in [1.82, 2.24) is 10.1 Å². The van der Waals surface area contributed by atoms with Crippen LogP contribution in [0.5, 0.6) is 5.75 Å². The Balaban J connectivity index is 2.21. The first kappa shape index (κ1) is 13.3. The normalized spacial score (nSPS) is 11.1. The van der Waals surface area contributed by atoms with E-state index in [1.165, 1.54) is 0 Å². The highest BCUT2D eigenvalue weighted by Gasteiger charge is 2.13. The fourth-order valence-corrected chi connectivity index (χ4v) is 2.05. The zero-order valence-corrected chi connectivity index (χ0v) is 12.5. The van der Waals surface area contributed by atoms with Gasteiger partial charge in [0, 0.05) is 9.99 Å². The molecule has 5 heteroatoms. The van der Waals surface area contributed by atoms with E-state index in [1.54, 1.807) is 6.07 Å². The van der Waals surface area contributed by atoms with Crippen molar-refractivity contribution >= 4 is 22.6 Å². The molecule has 0 aliphatic carbocycles. The second-order valence-electron chi connectivity index (χ2n) is 4.61. The molecule has 0 spiro atoms. The number of phenolic OH excluding ortho intramolecular Hbond substituents is 1. The van der Waals surface area contributed by atoms with E-state index in [9.17, 15) is 5.11 Å². The number of aromatic hydroxyl groups is 1. The highest BCUT2D eigenvalue weighted by molar-refractivity contribution is 14.1. The van der Waals surface area contributed by atoms with Crippen LogP contribution in [0.2, 0.25) is 0 Å². The van der Waals surface area contributed by atoms with Gasteiger partial charge in [0.2, 0.25) is 0 Å². The third kappa shape index (κ3) is 3.22. The van der Waals surface area contributed by atoms with E-state index in [0.29, 0.717) is 23.2 Å². The highest BCUT2D eigenvalue weighted by Crippen LogP contribution is 2.29. The summed E-state index contributed by atoms with van der Waals surface area (Å²) in [7, 11) is 0. The van der Waals surface area contributed by atoms with Gasteiger partial charge in [-0.25, -0.2) is 0 Å². The lowest BCUT2D eigenvalue weighted by Crippen LogP contribution is -1.94. The van der Waals surface area contributed by atoms with E-state index in [-0.39, 0.29) is 5.75 Å². The number of hydrogen-bond acceptors (Lipinski definition) is 4. The van der Waals surface area contributed by atoms with E-state index in [0.717, 1.165) is 16.4 Å². The lowest BCUT2D eigenvalue weighted by molar-refractivity contribution is 0.414. The van der Waals surface area contributed by atoms with Crippen LogP contribution in [0.15, 0.2) is 22.7 Å². The number of nitrogens with zero attached hydrogens (tertiary/aromatic N) is 2. The Morgan fingerprint density at radius 1 is 1.39 bits per heavy atom. The predicted molar refractivity (Wildman–Crippen MR) is 77.3 cm³/mol. The predicted octanol–water partition coefficient (Wildman–Crippen LogP) is 3.64. The summed E-state index contributed by atoms with van der Waals surface area (Å²) in [5.74, 6) is 1.84. The zero-order chi connectivity index (χ0) is 13.1. The maximum atomic E-state index is 9.78. The molecule has 1 aromatic heterocycles. The van der Waals surface area contributed by atoms with Crippen molar-refractivity contribution < 1.29 is 9.63 Å². The van der Waals surface area contributed by atoms with Crippen molar-refractivity contribution in [2.24, 2.45) is 5.92 Å². The van der Waals surface area contributed by atoms with E-state index in [2.05, 4.69) is 46.6 Å². The van der Waals surface area contributed by atoms with Crippen LogP contribution in [0.1, 0.15) is 26.1 Å². The average Bonchev–Trinajstić information content (AvgIpc) is 2.78. The standard InChI is InChI=1S/C13H15IN2O2/c1-8(2)3-6-12-15-13(18-16-12)10-7-9(14)4-5-11(10)17/h4-5,7-8,17H,3,6H2,1-2H3. The first-order valence-electron chi connectivity index (χ1n) is 5.87. The fourth-order valence-electron chi connectivity index (χ4n) is 1.56. The molecular formula is C13H15IN2O2. The van der Waals surface area contributed by atoms with E-state index < -0.39 is 0 Å². The number of hydrogen-bond donors (Lipinski definition) is 1. The van der Waals surface area contributed by atoms with Crippen molar-refractivity contribution in [3.8, 4) is 17.2 Å². The molecule has 2 aromatic rings. The van der Waals surface area contributed by atoms with Gasteiger partial charge in [-0.3, -0.25) is 0 Å². The third-order valence-electron chi connectivity index (χ3n) is 2.60. The average molecular weight is 358 g/mol. The lowest BCUT2D eigenvalue weighted by atomic mass is 10.1. The van der Waals surface area contributed by atoms with Gasteiger partial charge in [-0.05, 0) is 53.1 Å². The number of phenols is 1. The monoisotopic (exact) mass is 358 g/mol. The Morgan fingerprint density at radius 2 is 2.17 bits per heavy atom. The van der Waals surface area contributed by atoms with Gasteiger partial charge < -0.3 is 9.63 Å². The molecule has 0 fully saturated rings. The van der Waals surface area contributed by atoms with Gasteiger partial charge in [0.1, 0.15) is 5.75 Å². The van der Waals surface area contributed by atoms with E-state index in [1.807, 2.05) is 12.1 Å². The Kier molecular flexibility index (Phi) is 4.21. The number of halogens is 1. The molecule has 0 saturated carbocycles.